The average Bonchev–Trinajstić information content (AvgIpc) is 3.39. The summed E-state index contributed by atoms with van der Waals surface area (Å²) in [6.45, 7) is 2.41. The van der Waals surface area contributed by atoms with Crippen LogP contribution in [0.4, 0.5) is 5.69 Å². The molecule has 3 N–H and O–H groups in total. The fourth-order valence-electron chi connectivity index (χ4n) is 4.12. The number of hydrogen-bond donors (Lipinski definition) is 2. The third-order valence-electron chi connectivity index (χ3n) is 5.87. The lowest BCUT2D eigenvalue weighted by Crippen LogP contribution is -2.55. The van der Waals surface area contributed by atoms with Gasteiger partial charge in [0.25, 0.3) is 5.91 Å². The van der Waals surface area contributed by atoms with E-state index in [0.29, 0.717) is 42.8 Å². The van der Waals surface area contributed by atoms with Crippen molar-refractivity contribution in [2.45, 2.75) is 31.7 Å². The lowest BCUT2D eigenvalue weighted by atomic mass is 9.91. The highest BCUT2D eigenvalue weighted by molar-refractivity contribution is 6.06. The molecule has 8 nitrogen and oxygen atoms in total. The first-order chi connectivity index (χ1) is 15.4. The number of rotatable bonds is 8. The molecule has 32 heavy (non-hydrogen) atoms. The Kier molecular flexibility index (Phi) is 5.85. The molecular weight excluding hydrogens is 410 g/mol. The van der Waals surface area contributed by atoms with Crippen molar-refractivity contribution in [3.05, 3.63) is 60.4 Å². The minimum Gasteiger partial charge on any atom is -0.492 e. The van der Waals surface area contributed by atoms with Crippen molar-refractivity contribution in [1.82, 2.24) is 5.32 Å². The second-order valence-corrected chi connectivity index (χ2v) is 7.73. The summed E-state index contributed by atoms with van der Waals surface area (Å²) in [4.78, 5) is 38.3. The van der Waals surface area contributed by atoms with Crippen LogP contribution in [0.25, 0.3) is 11.0 Å². The number of carbonyl (C=O) groups excluding carboxylic acids is 3. The topological polar surface area (TPSA) is 115 Å². The maximum absolute atomic E-state index is 12.4. The number of primary amides is 1. The zero-order valence-corrected chi connectivity index (χ0v) is 17.8. The molecule has 0 radical (unpaired) electrons. The summed E-state index contributed by atoms with van der Waals surface area (Å²) in [5.41, 5.74) is 5.92. The van der Waals surface area contributed by atoms with E-state index in [1.165, 1.54) is 4.90 Å². The molecular formula is C24H25N3O5. The number of furan rings is 1. The van der Waals surface area contributed by atoms with Crippen LogP contribution in [-0.4, -0.2) is 36.4 Å². The van der Waals surface area contributed by atoms with E-state index < -0.39 is 11.4 Å². The fraction of sp³-hybridized carbons (Fsp3) is 0.292. The summed E-state index contributed by atoms with van der Waals surface area (Å²) in [6, 6.07) is 16.0. The highest BCUT2D eigenvalue weighted by Crippen LogP contribution is 2.38. The Morgan fingerprint density at radius 2 is 1.94 bits per heavy atom. The largest absolute Gasteiger partial charge is 0.492 e. The van der Waals surface area contributed by atoms with E-state index in [-0.39, 0.29) is 24.2 Å². The SMILES string of the molecule is CCC1(C(N)=O)CCC(=O)N1c1ccc(OCCNC(=O)c2cc3ccccc3o2)cc1. The normalized spacial score (nSPS) is 18.2. The van der Waals surface area contributed by atoms with Gasteiger partial charge in [0.15, 0.2) is 5.76 Å². The van der Waals surface area contributed by atoms with E-state index in [2.05, 4.69) is 5.32 Å². The Bertz CT molecular complexity index is 1120. The molecule has 0 bridgehead atoms. The molecule has 1 atom stereocenters. The molecule has 0 aliphatic carbocycles. The van der Waals surface area contributed by atoms with Gasteiger partial charge in [-0.25, -0.2) is 0 Å². The van der Waals surface area contributed by atoms with Crippen molar-refractivity contribution in [1.29, 1.82) is 0 Å². The number of fused-ring (bicyclic) bond motifs is 1. The van der Waals surface area contributed by atoms with Crippen LogP contribution >= 0.6 is 0 Å². The Morgan fingerprint density at radius 3 is 2.62 bits per heavy atom. The molecule has 0 spiro atoms. The van der Waals surface area contributed by atoms with Crippen LogP contribution < -0.4 is 20.7 Å². The van der Waals surface area contributed by atoms with Gasteiger partial charge >= 0.3 is 0 Å². The monoisotopic (exact) mass is 435 g/mol. The minimum absolute atomic E-state index is 0.118. The first kappa shape index (κ1) is 21.4. The predicted octanol–water partition coefficient (Wildman–Crippen LogP) is 3.00. The van der Waals surface area contributed by atoms with Gasteiger partial charge in [0, 0.05) is 17.5 Å². The average molecular weight is 435 g/mol. The number of nitrogens with one attached hydrogen (secondary N) is 1. The van der Waals surface area contributed by atoms with E-state index in [4.69, 9.17) is 14.9 Å². The van der Waals surface area contributed by atoms with Crippen molar-refractivity contribution < 1.29 is 23.5 Å². The number of ether oxygens (including phenoxy) is 1. The molecule has 1 aliphatic rings. The number of nitrogens with zero attached hydrogens (tertiary/aromatic N) is 1. The van der Waals surface area contributed by atoms with Gasteiger partial charge in [-0.05, 0) is 49.2 Å². The summed E-state index contributed by atoms with van der Waals surface area (Å²) < 4.78 is 11.2. The molecule has 2 heterocycles. The van der Waals surface area contributed by atoms with E-state index in [0.717, 1.165) is 5.39 Å². The lowest BCUT2D eigenvalue weighted by molar-refractivity contribution is -0.125. The van der Waals surface area contributed by atoms with Crippen LogP contribution in [0, 0.1) is 0 Å². The summed E-state index contributed by atoms with van der Waals surface area (Å²) >= 11 is 0. The third-order valence-corrected chi connectivity index (χ3v) is 5.87. The number of carbonyl (C=O) groups is 3. The molecule has 1 fully saturated rings. The lowest BCUT2D eigenvalue weighted by Gasteiger charge is -2.35. The quantitative estimate of drug-likeness (QED) is 0.528. The van der Waals surface area contributed by atoms with E-state index in [1.54, 1.807) is 30.3 Å². The maximum atomic E-state index is 12.4. The van der Waals surface area contributed by atoms with Gasteiger partial charge in [-0.15, -0.1) is 0 Å². The molecule has 166 valence electrons. The van der Waals surface area contributed by atoms with Gasteiger partial charge in [-0.3, -0.25) is 19.3 Å². The maximum Gasteiger partial charge on any atom is 0.287 e. The van der Waals surface area contributed by atoms with Crippen molar-refractivity contribution in [2.24, 2.45) is 5.73 Å². The van der Waals surface area contributed by atoms with Crippen molar-refractivity contribution in [2.75, 3.05) is 18.1 Å². The van der Waals surface area contributed by atoms with Crippen LogP contribution in [0.2, 0.25) is 0 Å². The molecule has 0 saturated carbocycles. The fourth-order valence-corrected chi connectivity index (χ4v) is 4.12. The van der Waals surface area contributed by atoms with Crippen molar-refractivity contribution in [3.8, 4) is 5.75 Å². The summed E-state index contributed by atoms with van der Waals surface area (Å²) in [5.74, 6) is -0.0895. The van der Waals surface area contributed by atoms with E-state index in [1.807, 2.05) is 31.2 Å². The van der Waals surface area contributed by atoms with Gasteiger partial charge in [-0.1, -0.05) is 25.1 Å². The minimum atomic E-state index is -0.986. The molecule has 4 rings (SSSR count). The van der Waals surface area contributed by atoms with Gasteiger partial charge in [0.2, 0.25) is 11.8 Å². The number of anilines is 1. The van der Waals surface area contributed by atoms with Crippen LogP contribution in [0.5, 0.6) is 5.75 Å². The molecule has 1 saturated heterocycles. The highest BCUT2D eigenvalue weighted by atomic mass is 16.5. The number of hydrogen-bond acceptors (Lipinski definition) is 5. The smallest absolute Gasteiger partial charge is 0.287 e. The van der Waals surface area contributed by atoms with Crippen molar-refractivity contribution in [3.63, 3.8) is 0 Å². The zero-order chi connectivity index (χ0) is 22.7. The predicted molar refractivity (Wildman–Crippen MR) is 119 cm³/mol. The summed E-state index contributed by atoms with van der Waals surface area (Å²) in [6.07, 6.45) is 1.16. The van der Waals surface area contributed by atoms with Gasteiger partial charge in [-0.2, -0.15) is 0 Å². The van der Waals surface area contributed by atoms with Gasteiger partial charge in [0.1, 0.15) is 23.5 Å². The van der Waals surface area contributed by atoms with Crippen LogP contribution in [0.1, 0.15) is 36.7 Å². The molecule has 1 unspecified atom stereocenters. The first-order valence-electron chi connectivity index (χ1n) is 10.6. The first-order valence-corrected chi connectivity index (χ1v) is 10.6. The zero-order valence-electron chi connectivity index (χ0n) is 17.8. The molecule has 8 heteroatoms. The molecule has 2 aromatic carbocycles. The summed E-state index contributed by atoms with van der Waals surface area (Å²) in [5, 5.41) is 3.63. The van der Waals surface area contributed by atoms with E-state index in [9.17, 15) is 14.4 Å². The number of benzene rings is 2. The number of para-hydroxylation sites is 1. The second-order valence-electron chi connectivity index (χ2n) is 7.73. The van der Waals surface area contributed by atoms with Gasteiger partial charge in [0.05, 0.1) is 6.54 Å². The highest BCUT2D eigenvalue weighted by Gasteiger charge is 2.49. The molecule has 3 amide bonds. The van der Waals surface area contributed by atoms with E-state index >= 15 is 0 Å². The third kappa shape index (κ3) is 3.91. The Balaban J connectivity index is 1.32. The van der Waals surface area contributed by atoms with Gasteiger partial charge < -0.3 is 20.2 Å². The Labute approximate surface area is 185 Å². The van der Waals surface area contributed by atoms with Crippen LogP contribution in [-0.2, 0) is 9.59 Å². The number of amides is 3. The molecule has 1 aliphatic heterocycles. The second kappa shape index (κ2) is 8.74. The standard InChI is InChI=1S/C24H25N3O5/c1-2-24(23(25)30)12-11-21(28)27(24)17-7-9-18(10-8-17)31-14-13-26-22(29)20-15-16-5-3-4-6-19(16)32-20/h3-10,15H,2,11-14H2,1H3,(H2,25,30)(H,26,29). The van der Waals surface area contributed by atoms with Crippen LogP contribution in [0.3, 0.4) is 0 Å². The Hall–Kier alpha value is -3.81. The number of nitrogens with two attached hydrogens (primary N) is 1. The molecule has 1 aromatic heterocycles. The molecule has 3 aromatic rings. The van der Waals surface area contributed by atoms with Crippen LogP contribution in [0.15, 0.2) is 59.0 Å². The van der Waals surface area contributed by atoms with Crippen molar-refractivity contribution >= 4 is 34.4 Å². The summed E-state index contributed by atoms with van der Waals surface area (Å²) in [7, 11) is 0. The Morgan fingerprint density at radius 1 is 1.19 bits per heavy atom.